The SMILES string of the molecule is CCCCCCC/C=C/C=C/[C@@H](O)[C@H](COP(=O)(O)OCCN)NC(=O)CCCCCCCCCCCCCCCCCCCCCCCCC. The summed E-state index contributed by atoms with van der Waals surface area (Å²) in [7, 11) is -4.34. The molecule has 0 aliphatic rings. The largest absolute Gasteiger partial charge is 0.472 e. The summed E-state index contributed by atoms with van der Waals surface area (Å²) in [5.41, 5.74) is 5.35. The fourth-order valence-corrected chi connectivity index (χ4v) is 7.07. The summed E-state index contributed by atoms with van der Waals surface area (Å²) in [4.78, 5) is 22.6. The molecule has 1 unspecified atom stereocenters. The lowest BCUT2D eigenvalue weighted by atomic mass is 10.0. The molecular formula is C42H83N2O6P. The highest BCUT2D eigenvalue weighted by Gasteiger charge is 2.26. The number of nitrogens with one attached hydrogen (secondary N) is 1. The Morgan fingerprint density at radius 2 is 1.06 bits per heavy atom. The van der Waals surface area contributed by atoms with Crippen LogP contribution in [0.2, 0.25) is 0 Å². The lowest BCUT2D eigenvalue weighted by molar-refractivity contribution is -0.123. The first kappa shape index (κ1) is 50.0. The number of phosphoric ester groups is 1. The Hall–Kier alpha value is -1.02. The van der Waals surface area contributed by atoms with Gasteiger partial charge in [-0.3, -0.25) is 13.8 Å². The van der Waals surface area contributed by atoms with Crippen LogP contribution in [0.3, 0.4) is 0 Å². The van der Waals surface area contributed by atoms with Crippen LogP contribution in [0, 0.1) is 0 Å². The van der Waals surface area contributed by atoms with E-state index in [1.165, 1.54) is 154 Å². The zero-order chi connectivity index (χ0) is 37.5. The van der Waals surface area contributed by atoms with Gasteiger partial charge in [-0.15, -0.1) is 0 Å². The fourth-order valence-electron chi connectivity index (χ4n) is 6.31. The number of unbranched alkanes of at least 4 members (excludes halogenated alkanes) is 27. The number of hydrogen-bond donors (Lipinski definition) is 4. The molecule has 0 saturated heterocycles. The lowest BCUT2D eigenvalue weighted by Gasteiger charge is -2.23. The van der Waals surface area contributed by atoms with Gasteiger partial charge in [0.15, 0.2) is 0 Å². The lowest BCUT2D eigenvalue weighted by Crippen LogP contribution is -2.45. The van der Waals surface area contributed by atoms with E-state index in [9.17, 15) is 19.4 Å². The van der Waals surface area contributed by atoms with Crippen molar-refractivity contribution in [2.75, 3.05) is 19.8 Å². The van der Waals surface area contributed by atoms with E-state index in [1.54, 1.807) is 12.2 Å². The minimum atomic E-state index is -4.34. The zero-order valence-corrected chi connectivity index (χ0v) is 34.2. The topological polar surface area (TPSA) is 131 Å². The number of amides is 1. The summed E-state index contributed by atoms with van der Waals surface area (Å²) >= 11 is 0. The number of aliphatic hydroxyl groups is 1. The quantitative estimate of drug-likeness (QED) is 0.0279. The van der Waals surface area contributed by atoms with E-state index in [0.717, 1.165) is 32.1 Å². The van der Waals surface area contributed by atoms with Crippen LogP contribution in [-0.4, -0.2) is 47.8 Å². The van der Waals surface area contributed by atoms with E-state index in [2.05, 4.69) is 25.2 Å². The number of carbonyl (C=O) groups excluding carboxylic acids is 1. The van der Waals surface area contributed by atoms with Gasteiger partial charge in [0, 0.05) is 13.0 Å². The normalized spacial score (nSPS) is 14.4. The van der Waals surface area contributed by atoms with Crippen LogP contribution in [0.1, 0.15) is 206 Å². The van der Waals surface area contributed by atoms with Crippen molar-refractivity contribution < 1.29 is 28.4 Å². The van der Waals surface area contributed by atoms with E-state index < -0.39 is 20.0 Å². The maximum Gasteiger partial charge on any atom is 0.472 e. The van der Waals surface area contributed by atoms with Crippen LogP contribution in [0.25, 0.3) is 0 Å². The molecule has 9 heteroatoms. The first-order valence-electron chi connectivity index (χ1n) is 21.5. The van der Waals surface area contributed by atoms with Crippen LogP contribution < -0.4 is 11.1 Å². The van der Waals surface area contributed by atoms with Gasteiger partial charge in [0.1, 0.15) is 0 Å². The zero-order valence-electron chi connectivity index (χ0n) is 33.4. The molecule has 0 aromatic rings. The van der Waals surface area contributed by atoms with Crippen molar-refractivity contribution >= 4 is 13.7 Å². The van der Waals surface area contributed by atoms with Crippen molar-refractivity contribution in [1.82, 2.24) is 5.32 Å². The van der Waals surface area contributed by atoms with Crippen LogP contribution in [-0.2, 0) is 18.4 Å². The highest BCUT2D eigenvalue weighted by molar-refractivity contribution is 7.47. The molecule has 5 N–H and O–H groups in total. The molecule has 0 saturated carbocycles. The third-order valence-corrected chi connectivity index (χ3v) is 10.6. The van der Waals surface area contributed by atoms with Crippen molar-refractivity contribution in [2.24, 2.45) is 5.73 Å². The Bertz CT molecular complexity index is 855. The molecule has 1 amide bonds. The van der Waals surface area contributed by atoms with E-state index in [1.807, 2.05) is 6.08 Å². The third-order valence-electron chi connectivity index (χ3n) is 9.59. The average molecular weight is 743 g/mol. The van der Waals surface area contributed by atoms with Crippen molar-refractivity contribution in [1.29, 1.82) is 0 Å². The van der Waals surface area contributed by atoms with Crippen LogP contribution in [0.4, 0.5) is 0 Å². The molecule has 0 aliphatic carbocycles. The van der Waals surface area contributed by atoms with Gasteiger partial charge in [-0.1, -0.05) is 205 Å². The summed E-state index contributed by atoms with van der Waals surface area (Å²) in [5.74, 6) is -0.210. The fraction of sp³-hybridized carbons (Fsp3) is 0.881. The molecule has 302 valence electrons. The summed E-state index contributed by atoms with van der Waals surface area (Å²) in [5, 5.41) is 13.5. The second-order valence-corrected chi connectivity index (χ2v) is 16.0. The van der Waals surface area contributed by atoms with E-state index in [-0.39, 0.29) is 25.7 Å². The van der Waals surface area contributed by atoms with Crippen LogP contribution in [0.15, 0.2) is 24.3 Å². The number of phosphoric acid groups is 1. The van der Waals surface area contributed by atoms with Crippen molar-refractivity contribution in [3.63, 3.8) is 0 Å². The predicted octanol–water partition coefficient (Wildman–Crippen LogP) is 11.8. The van der Waals surface area contributed by atoms with Crippen LogP contribution >= 0.6 is 7.82 Å². The van der Waals surface area contributed by atoms with E-state index in [4.69, 9.17) is 14.8 Å². The minimum Gasteiger partial charge on any atom is -0.387 e. The maximum atomic E-state index is 12.7. The number of rotatable bonds is 40. The highest BCUT2D eigenvalue weighted by atomic mass is 31.2. The Morgan fingerprint density at radius 1 is 0.647 bits per heavy atom. The highest BCUT2D eigenvalue weighted by Crippen LogP contribution is 2.43. The predicted molar refractivity (Wildman–Crippen MR) is 217 cm³/mol. The molecule has 0 spiro atoms. The Morgan fingerprint density at radius 3 is 1.49 bits per heavy atom. The van der Waals surface area contributed by atoms with Crippen molar-refractivity contribution in [3.05, 3.63) is 24.3 Å². The van der Waals surface area contributed by atoms with Gasteiger partial charge >= 0.3 is 7.82 Å². The molecule has 0 fully saturated rings. The number of aliphatic hydroxyl groups excluding tert-OH is 1. The molecular weight excluding hydrogens is 659 g/mol. The average Bonchev–Trinajstić information content (AvgIpc) is 3.12. The molecule has 0 heterocycles. The molecule has 0 aromatic heterocycles. The first-order chi connectivity index (χ1) is 24.9. The molecule has 51 heavy (non-hydrogen) atoms. The summed E-state index contributed by atoms with van der Waals surface area (Å²) in [6.07, 6.45) is 44.0. The van der Waals surface area contributed by atoms with E-state index in [0.29, 0.717) is 6.42 Å². The monoisotopic (exact) mass is 743 g/mol. The van der Waals surface area contributed by atoms with Gasteiger partial charge < -0.3 is 21.1 Å². The number of nitrogens with two attached hydrogens (primary N) is 1. The van der Waals surface area contributed by atoms with Gasteiger partial charge in [0.25, 0.3) is 0 Å². The van der Waals surface area contributed by atoms with Crippen LogP contribution in [0.5, 0.6) is 0 Å². The minimum absolute atomic E-state index is 0.0734. The van der Waals surface area contributed by atoms with Gasteiger partial charge in [0.2, 0.25) is 5.91 Å². The number of carbonyl (C=O) groups is 1. The van der Waals surface area contributed by atoms with E-state index >= 15 is 0 Å². The molecule has 0 radical (unpaired) electrons. The summed E-state index contributed by atoms with van der Waals surface area (Å²) in [6.45, 7) is 4.07. The Kier molecular flexibility index (Phi) is 37.9. The van der Waals surface area contributed by atoms with Gasteiger partial charge in [0.05, 0.1) is 25.4 Å². The molecule has 0 rings (SSSR count). The maximum absolute atomic E-state index is 12.7. The number of hydrogen-bond acceptors (Lipinski definition) is 6. The third kappa shape index (κ3) is 37.1. The molecule has 0 aliphatic heterocycles. The molecule has 0 bridgehead atoms. The van der Waals surface area contributed by atoms with Gasteiger partial charge in [-0.25, -0.2) is 4.57 Å². The van der Waals surface area contributed by atoms with Gasteiger partial charge in [-0.05, 0) is 19.3 Å². The molecule has 3 atom stereocenters. The molecule has 0 aromatic carbocycles. The standard InChI is InChI=1S/C42H83N2O6P/c1-3-5-7-9-11-13-14-15-16-17-18-19-20-21-22-23-24-25-26-28-30-32-34-36-42(46)44-40(39-50-51(47,48)49-38-37-43)41(45)35-33-31-29-27-12-10-8-6-4-2/h29,31,33,35,40-41,45H,3-28,30,32,34,36-39,43H2,1-2H3,(H,44,46)(H,47,48)/b31-29+,35-33+/t40-,41+/m0/s1. The number of allylic oxidation sites excluding steroid dienone is 3. The Labute approximate surface area is 315 Å². The molecule has 8 nitrogen and oxygen atoms in total. The van der Waals surface area contributed by atoms with Crippen molar-refractivity contribution in [2.45, 2.75) is 219 Å². The van der Waals surface area contributed by atoms with Crippen molar-refractivity contribution in [3.8, 4) is 0 Å². The smallest absolute Gasteiger partial charge is 0.387 e. The first-order valence-corrected chi connectivity index (χ1v) is 23.0. The summed E-state index contributed by atoms with van der Waals surface area (Å²) in [6, 6.07) is -0.886. The summed E-state index contributed by atoms with van der Waals surface area (Å²) < 4.78 is 22.0. The van der Waals surface area contributed by atoms with Gasteiger partial charge in [-0.2, -0.15) is 0 Å². The Balaban J connectivity index is 4.02. The second-order valence-electron chi connectivity index (χ2n) is 14.6. The second kappa shape index (κ2) is 38.7.